The molecule has 6 fully saturated rings. The summed E-state index contributed by atoms with van der Waals surface area (Å²) in [6, 6.07) is 30.5. The summed E-state index contributed by atoms with van der Waals surface area (Å²) in [5.74, 6) is 2.80. The van der Waals surface area contributed by atoms with E-state index in [9.17, 15) is 10.2 Å². The molecule has 6 nitrogen and oxygen atoms in total. The molecule has 6 aliphatic heterocycles. The van der Waals surface area contributed by atoms with Gasteiger partial charge in [0.05, 0.1) is 37.2 Å². The van der Waals surface area contributed by atoms with Crippen molar-refractivity contribution in [2.24, 2.45) is 23.7 Å². The fourth-order valence-electron chi connectivity index (χ4n) is 12.0. The molecular formula is C46H56Br2N4O2. The third-order valence-electron chi connectivity index (χ3n) is 14.7. The third kappa shape index (κ3) is 6.87. The molecule has 10 atom stereocenters. The van der Waals surface area contributed by atoms with Gasteiger partial charge in [0.25, 0.3) is 0 Å². The van der Waals surface area contributed by atoms with E-state index >= 15 is 0 Å². The smallest absolute Gasteiger partial charge is 0.131 e. The predicted molar refractivity (Wildman–Crippen MR) is 208 cm³/mol. The van der Waals surface area contributed by atoms with Gasteiger partial charge in [0.2, 0.25) is 0 Å². The summed E-state index contributed by atoms with van der Waals surface area (Å²) in [5.41, 5.74) is 6.76. The normalized spacial score (nSPS) is 31.1. The van der Waals surface area contributed by atoms with Crippen LogP contribution in [0.2, 0.25) is 0 Å². The molecule has 6 aliphatic rings. The summed E-state index contributed by atoms with van der Waals surface area (Å²) in [4.78, 5) is 9.24. The molecule has 0 amide bonds. The minimum absolute atomic E-state index is 0. The molecule has 0 spiro atoms. The summed E-state index contributed by atoms with van der Waals surface area (Å²) in [6.07, 6.45) is 9.79. The van der Waals surface area contributed by atoms with Gasteiger partial charge in [0, 0.05) is 71.8 Å². The van der Waals surface area contributed by atoms with Gasteiger partial charge in [-0.05, 0) is 66.1 Å². The molecular weight excluding hydrogens is 800 g/mol. The van der Waals surface area contributed by atoms with E-state index in [0.29, 0.717) is 23.7 Å². The van der Waals surface area contributed by atoms with Crippen LogP contribution in [0.3, 0.4) is 0 Å². The Morgan fingerprint density at radius 1 is 0.611 bits per heavy atom. The zero-order valence-corrected chi connectivity index (χ0v) is 35.0. The Morgan fingerprint density at radius 3 is 1.50 bits per heavy atom. The number of hydrogen-bond donors (Lipinski definition) is 2. The summed E-state index contributed by atoms with van der Waals surface area (Å²) in [6.45, 7) is 11.2. The van der Waals surface area contributed by atoms with E-state index in [2.05, 4.69) is 96.6 Å². The maximum atomic E-state index is 12.3. The first-order valence-corrected chi connectivity index (χ1v) is 20.2. The maximum Gasteiger partial charge on any atom is 0.131 e. The first-order valence-electron chi connectivity index (χ1n) is 20.2. The SMILES string of the molecule is CC[C@H]1C[N+]2(Cc3cccc(C[N+]45CC[C@@H](C[C@H]4[C@H](O)c4ccnc6ccccc46)[C@@H](CC)C5)c3)CC[C@H]1C[C@H]2[C@H](O)c1ccnc2ccccc12.[Br-].[Br-]. The van der Waals surface area contributed by atoms with Crippen molar-refractivity contribution in [1.82, 2.24) is 9.97 Å². The number of hydrogen-bond acceptors (Lipinski definition) is 4. The molecule has 0 radical (unpaired) electrons. The average Bonchev–Trinajstić information content (AvgIpc) is 3.19. The Hall–Kier alpha value is -2.72. The van der Waals surface area contributed by atoms with Gasteiger partial charge in [-0.1, -0.05) is 68.4 Å². The predicted octanol–water partition coefficient (Wildman–Crippen LogP) is 2.53. The maximum absolute atomic E-state index is 12.3. The number of nitrogens with zero attached hydrogens (tertiary/aromatic N) is 4. The van der Waals surface area contributed by atoms with Gasteiger partial charge >= 0.3 is 0 Å². The summed E-state index contributed by atoms with van der Waals surface area (Å²) < 4.78 is 1.93. The van der Waals surface area contributed by atoms with Crippen LogP contribution in [-0.2, 0) is 13.1 Å². The zero-order chi connectivity index (χ0) is 35.5. The molecule has 4 bridgehead atoms. The van der Waals surface area contributed by atoms with Crippen LogP contribution in [0.5, 0.6) is 0 Å². The van der Waals surface area contributed by atoms with Gasteiger partial charge in [-0.15, -0.1) is 0 Å². The molecule has 3 aromatic carbocycles. The van der Waals surface area contributed by atoms with Gasteiger partial charge < -0.3 is 53.1 Å². The lowest BCUT2D eigenvalue weighted by molar-refractivity contribution is -0.986. The fourth-order valence-corrected chi connectivity index (χ4v) is 12.0. The largest absolute Gasteiger partial charge is 1.00 e. The Balaban J connectivity index is 0.00000225. The van der Waals surface area contributed by atoms with E-state index in [1.165, 1.54) is 36.8 Å². The van der Waals surface area contributed by atoms with Crippen LogP contribution in [0.1, 0.15) is 86.8 Å². The Bertz CT molecular complexity index is 1930. The van der Waals surface area contributed by atoms with Crippen LogP contribution in [-0.4, -0.2) is 67.4 Å². The molecule has 54 heavy (non-hydrogen) atoms. The van der Waals surface area contributed by atoms with Gasteiger partial charge in [-0.25, -0.2) is 0 Å². The van der Waals surface area contributed by atoms with Crippen molar-refractivity contribution in [3.63, 3.8) is 0 Å². The van der Waals surface area contributed by atoms with E-state index in [1.807, 2.05) is 24.5 Å². The number of halogens is 2. The number of aliphatic hydroxyl groups is 2. The van der Waals surface area contributed by atoms with Crippen molar-refractivity contribution >= 4 is 21.8 Å². The Morgan fingerprint density at radius 2 is 1.06 bits per heavy atom. The molecule has 6 saturated heterocycles. The molecule has 11 rings (SSSR count). The second-order valence-corrected chi connectivity index (χ2v) is 17.2. The molecule has 286 valence electrons. The topological polar surface area (TPSA) is 66.2 Å². The number of para-hydroxylation sites is 2. The van der Waals surface area contributed by atoms with Gasteiger partial charge in [-0.3, -0.25) is 9.97 Å². The van der Waals surface area contributed by atoms with Gasteiger partial charge in [-0.2, -0.15) is 0 Å². The van der Waals surface area contributed by atoms with Crippen LogP contribution in [0.25, 0.3) is 21.8 Å². The number of aromatic nitrogens is 2. The number of fused-ring (bicyclic) bond motifs is 8. The summed E-state index contributed by atoms with van der Waals surface area (Å²) in [5, 5.41) is 26.8. The summed E-state index contributed by atoms with van der Waals surface area (Å²) in [7, 11) is 0. The van der Waals surface area contributed by atoms with Crippen LogP contribution in [0.15, 0.2) is 97.3 Å². The highest BCUT2D eigenvalue weighted by Gasteiger charge is 2.56. The van der Waals surface area contributed by atoms with Crippen LogP contribution in [0, 0.1) is 23.7 Å². The number of benzene rings is 3. The molecule has 5 aromatic rings. The van der Waals surface area contributed by atoms with E-state index in [1.54, 1.807) is 0 Å². The van der Waals surface area contributed by atoms with E-state index < -0.39 is 12.2 Å². The fraction of sp³-hybridized carbons (Fsp3) is 0.478. The first-order chi connectivity index (χ1) is 25.4. The monoisotopic (exact) mass is 854 g/mol. The lowest BCUT2D eigenvalue weighted by atomic mass is 9.70. The molecule has 2 N–H and O–H groups in total. The second-order valence-electron chi connectivity index (χ2n) is 17.2. The Labute approximate surface area is 342 Å². The van der Waals surface area contributed by atoms with Crippen molar-refractivity contribution in [2.75, 3.05) is 26.2 Å². The van der Waals surface area contributed by atoms with Crippen molar-refractivity contribution < 1.29 is 53.1 Å². The molecule has 8 heterocycles. The van der Waals surface area contributed by atoms with Crippen LogP contribution < -0.4 is 34.0 Å². The average molecular weight is 857 g/mol. The van der Waals surface area contributed by atoms with Crippen molar-refractivity contribution in [3.8, 4) is 0 Å². The van der Waals surface area contributed by atoms with Crippen LogP contribution >= 0.6 is 0 Å². The van der Waals surface area contributed by atoms with E-state index in [-0.39, 0.29) is 46.0 Å². The second kappa shape index (κ2) is 16.0. The number of piperidine rings is 6. The minimum atomic E-state index is -0.526. The number of rotatable bonds is 10. The standard InChI is InChI=1S/C46H56N4O2.2BrH/c1-3-33-29-49(22-18-35(33)25-43(49)45(51)39-16-20-47-41-14-7-5-12-37(39)41)27-31-10-9-11-32(24-31)28-50-23-19-36(34(4-2)30-50)26-44(50)46(52)40-17-21-48-42-15-8-6-13-38(40)42;;/h5-17,20-21,24,33-36,43-46,51-52H,3-4,18-19,22-23,25-30H2,1-2H3;2*1H/q+2;;/p-2/t33-,34-,35-,36-,43-,44-,45+,46+,49?,50?;;/m0../s1. The number of pyridine rings is 2. The summed E-state index contributed by atoms with van der Waals surface area (Å²) >= 11 is 0. The quantitative estimate of drug-likeness (QED) is 0.212. The van der Waals surface area contributed by atoms with E-state index in [0.717, 1.165) is 94.0 Å². The lowest BCUT2D eigenvalue weighted by Crippen LogP contribution is -3.00. The number of quaternary nitrogens is 2. The third-order valence-corrected chi connectivity index (χ3v) is 14.7. The highest BCUT2D eigenvalue weighted by molar-refractivity contribution is 5.83. The van der Waals surface area contributed by atoms with Crippen molar-refractivity contribution in [1.29, 1.82) is 0 Å². The molecule has 2 unspecified atom stereocenters. The van der Waals surface area contributed by atoms with Crippen molar-refractivity contribution in [2.45, 2.75) is 89.8 Å². The molecule has 0 saturated carbocycles. The van der Waals surface area contributed by atoms with Gasteiger partial charge in [0.1, 0.15) is 37.4 Å². The number of aliphatic hydroxyl groups excluding tert-OH is 2. The van der Waals surface area contributed by atoms with Crippen molar-refractivity contribution in [3.05, 3.63) is 120 Å². The first kappa shape index (κ1) is 39.5. The highest BCUT2D eigenvalue weighted by atomic mass is 79.9. The molecule has 2 aromatic heterocycles. The highest BCUT2D eigenvalue weighted by Crippen LogP contribution is 2.50. The van der Waals surface area contributed by atoms with Gasteiger partial charge in [0.15, 0.2) is 0 Å². The molecule has 8 heteroatoms. The lowest BCUT2D eigenvalue weighted by Gasteiger charge is -2.59. The minimum Gasteiger partial charge on any atom is -1.00 e. The zero-order valence-electron chi connectivity index (χ0n) is 31.8. The van der Waals surface area contributed by atoms with E-state index in [4.69, 9.17) is 0 Å². The molecule has 0 aliphatic carbocycles. The van der Waals surface area contributed by atoms with Crippen LogP contribution in [0.4, 0.5) is 0 Å². The Kier molecular flexibility index (Phi) is 11.7.